The van der Waals surface area contributed by atoms with Crippen LogP contribution in [0.25, 0.3) is 0 Å². The van der Waals surface area contributed by atoms with Crippen molar-refractivity contribution < 1.29 is 18.3 Å². The van der Waals surface area contributed by atoms with Gasteiger partial charge in [-0.1, -0.05) is 28.1 Å². The minimum Gasteiger partial charge on any atom is -0.478 e. The lowest BCUT2D eigenvalue weighted by Gasteiger charge is -2.18. The third-order valence-electron chi connectivity index (χ3n) is 2.35. The molecule has 0 aliphatic rings. The minimum atomic E-state index is -3.87. The molecule has 0 aliphatic heterocycles. The van der Waals surface area contributed by atoms with Crippen LogP contribution in [0.3, 0.4) is 0 Å². The van der Waals surface area contributed by atoms with Gasteiger partial charge in [0.05, 0.1) is 10.5 Å². The summed E-state index contributed by atoms with van der Waals surface area (Å²) in [6, 6.07) is 4.03. The van der Waals surface area contributed by atoms with E-state index in [2.05, 4.69) is 22.5 Å². The maximum atomic E-state index is 12.3. The topological polar surface area (TPSA) is 74.7 Å². The molecule has 5 nitrogen and oxygen atoms in total. The standard InChI is InChI=1S/C12H14BrNO4S/c1-8(2)7-14(3)19(17,18)11-6-9(13)4-5-10(11)12(15)16/h4-6H,1,7H2,2-3H3,(H,15,16). The van der Waals surface area contributed by atoms with Gasteiger partial charge in [0.15, 0.2) is 0 Å². The quantitative estimate of drug-likeness (QED) is 0.829. The Labute approximate surface area is 120 Å². The summed E-state index contributed by atoms with van der Waals surface area (Å²) in [5, 5.41) is 9.07. The van der Waals surface area contributed by atoms with E-state index in [0.29, 0.717) is 10.0 Å². The van der Waals surface area contributed by atoms with Gasteiger partial charge in [-0.25, -0.2) is 13.2 Å². The molecule has 0 heterocycles. The molecule has 104 valence electrons. The molecule has 0 bridgehead atoms. The molecule has 0 spiro atoms. The Kier molecular flexibility index (Phi) is 4.89. The second-order valence-corrected chi connectivity index (χ2v) is 7.09. The van der Waals surface area contributed by atoms with Gasteiger partial charge in [0.25, 0.3) is 0 Å². The molecule has 0 unspecified atom stereocenters. The average molecular weight is 348 g/mol. The molecule has 1 aromatic carbocycles. The lowest BCUT2D eigenvalue weighted by Crippen LogP contribution is -2.29. The third-order valence-corrected chi connectivity index (χ3v) is 4.69. The van der Waals surface area contributed by atoms with Gasteiger partial charge in [0, 0.05) is 18.1 Å². The summed E-state index contributed by atoms with van der Waals surface area (Å²) >= 11 is 3.14. The maximum absolute atomic E-state index is 12.3. The predicted molar refractivity (Wildman–Crippen MR) is 75.7 cm³/mol. The second kappa shape index (κ2) is 5.85. The number of carbonyl (C=O) groups is 1. The highest BCUT2D eigenvalue weighted by atomic mass is 79.9. The van der Waals surface area contributed by atoms with Crippen LogP contribution in [0.1, 0.15) is 17.3 Å². The fourth-order valence-electron chi connectivity index (χ4n) is 1.52. The van der Waals surface area contributed by atoms with Crippen LogP contribution in [-0.2, 0) is 10.0 Å². The van der Waals surface area contributed by atoms with Gasteiger partial charge in [-0.15, -0.1) is 0 Å². The number of hydrogen-bond donors (Lipinski definition) is 1. The number of likely N-dealkylation sites (N-methyl/N-ethyl adjacent to an activating group) is 1. The van der Waals surface area contributed by atoms with E-state index in [1.54, 1.807) is 6.92 Å². The van der Waals surface area contributed by atoms with Crippen molar-refractivity contribution in [3.8, 4) is 0 Å². The van der Waals surface area contributed by atoms with E-state index in [-0.39, 0.29) is 17.0 Å². The van der Waals surface area contributed by atoms with Crippen molar-refractivity contribution in [3.63, 3.8) is 0 Å². The van der Waals surface area contributed by atoms with E-state index in [1.807, 2.05) is 0 Å². The summed E-state index contributed by atoms with van der Waals surface area (Å²) in [5.74, 6) is -1.28. The molecule has 0 amide bonds. The van der Waals surface area contributed by atoms with Crippen molar-refractivity contribution in [1.82, 2.24) is 4.31 Å². The van der Waals surface area contributed by atoms with Gasteiger partial charge >= 0.3 is 5.97 Å². The first-order chi connectivity index (χ1) is 8.66. The third kappa shape index (κ3) is 3.65. The molecule has 0 atom stereocenters. The number of benzene rings is 1. The first-order valence-electron chi connectivity index (χ1n) is 5.30. The Morgan fingerprint density at radius 3 is 2.53 bits per heavy atom. The molecule has 0 saturated carbocycles. The number of carboxylic acids is 1. The molecular formula is C12H14BrNO4S. The van der Waals surface area contributed by atoms with Gasteiger partial charge < -0.3 is 5.11 Å². The highest BCUT2D eigenvalue weighted by molar-refractivity contribution is 9.10. The number of sulfonamides is 1. The minimum absolute atomic E-state index is 0.133. The normalized spacial score (nSPS) is 11.6. The van der Waals surface area contributed by atoms with Crippen LogP contribution in [0, 0.1) is 0 Å². The lowest BCUT2D eigenvalue weighted by atomic mass is 10.2. The molecule has 19 heavy (non-hydrogen) atoms. The van der Waals surface area contributed by atoms with Crippen molar-refractivity contribution in [3.05, 3.63) is 40.4 Å². The smallest absolute Gasteiger partial charge is 0.337 e. The molecular weight excluding hydrogens is 334 g/mol. The second-order valence-electron chi connectivity index (χ2n) is 4.16. The van der Waals surface area contributed by atoms with Crippen LogP contribution in [0.4, 0.5) is 0 Å². The van der Waals surface area contributed by atoms with E-state index in [4.69, 9.17) is 5.11 Å². The number of carboxylic acid groups (broad SMARTS) is 1. The Bertz CT molecular complexity index is 625. The highest BCUT2D eigenvalue weighted by Crippen LogP contribution is 2.24. The van der Waals surface area contributed by atoms with Crippen molar-refractivity contribution in [2.45, 2.75) is 11.8 Å². The Morgan fingerprint density at radius 1 is 1.47 bits per heavy atom. The van der Waals surface area contributed by atoms with Gasteiger partial charge in [-0.05, 0) is 25.1 Å². The zero-order chi connectivity index (χ0) is 14.8. The van der Waals surface area contributed by atoms with Crippen LogP contribution in [0.5, 0.6) is 0 Å². The van der Waals surface area contributed by atoms with Crippen molar-refractivity contribution in [2.24, 2.45) is 0 Å². The summed E-state index contributed by atoms with van der Waals surface area (Å²) in [6.45, 7) is 5.48. The Hall–Kier alpha value is -1.18. The van der Waals surface area contributed by atoms with Gasteiger partial charge in [0.1, 0.15) is 0 Å². The lowest BCUT2D eigenvalue weighted by molar-refractivity contribution is 0.0692. The number of nitrogens with zero attached hydrogens (tertiary/aromatic N) is 1. The fraction of sp³-hybridized carbons (Fsp3) is 0.250. The molecule has 0 aliphatic carbocycles. The first-order valence-corrected chi connectivity index (χ1v) is 7.53. The first kappa shape index (κ1) is 15.9. The molecule has 0 fully saturated rings. The highest BCUT2D eigenvalue weighted by Gasteiger charge is 2.26. The van der Waals surface area contributed by atoms with Crippen LogP contribution in [0.2, 0.25) is 0 Å². The summed E-state index contributed by atoms with van der Waals surface area (Å²) < 4.78 is 26.3. The molecule has 0 saturated heterocycles. The Balaban J connectivity index is 3.39. The van der Waals surface area contributed by atoms with Crippen LogP contribution in [0.15, 0.2) is 39.7 Å². The van der Waals surface area contributed by atoms with E-state index in [0.717, 1.165) is 4.31 Å². The van der Waals surface area contributed by atoms with E-state index < -0.39 is 16.0 Å². The van der Waals surface area contributed by atoms with E-state index >= 15 is 0 Å². The predicted octanol–water partition coefficient (Wildman–Crippen LogP) is 2.34. The SMILES string of the molecule is C=C(C)CN(C)S(=O)(=O)c1cc(Br)ccc1C(=O)O. The van der Waals surface area contributed by atoms with Crippen LogP contribution >= 0.6 is 15.9 Å². The van der Waals surface area contributed by atoms with Crippen molar-refractivity contribution >= 4 is 31.9 Å². The molecule has 1 N–H and O–H groups in total. The largest absolute Gasteiger partial charge is 0.478 e. The molecule has 1 aromatic rings. The fourth-order valence-corrected chi connectivity index (χ4v) is 3.47. The number of halogens is 1. The summed E-state index contributed by atoms with van der Waals surface area (Å²) in [5.41, 5.74) is 0.412. The summed E-state index contributed by atoms with van der Waals surface area (Å²) in [7, 11) is -2.49. The monoisotopic (exact) mass is 347 g/mol. The molecule has 0 radical (unpaired) electrons. The van der Waals surface area contributed by atoms with Gasteiger partial charge in [-0.3, -0.25) is 0 Å². The Morgan fingerprint density at radius 2 is 2.05 bits per heavy atom. The van der Waals surface area contributed by atoms with Gasteiger partial charge in [-0.2, -0.15) is 4.31 Å². The number of aromatic carboxylic acids is 1. The van der Waals surface area contributed by atoms with Gasteiger partial charge in [0.2, 0.25) is 10.0 Å². The average Bonchev–Trinajstić information content (AvgIpc) is 2.27. The molecule has 7 heteroatoms. The number of rotatable bonds is 5. The zero-order valence-electron chi connectivity index (χ0n) is 10.6. The van der Waals surface area contributed by atoms with E-state index in [1.165, 1.54) is 25.2 Å². The summed E-state index contributed by atoms with van der Waals surface area (Å²) in [6.07, 6.45) is 0. The van der Waals surface area contributed by atoms with Crippen molar-refractivity contribution in [2.75, 3.05) is 13.6 Å². The molecule has 0 aromatic heterocycles. The number of hydrogen-bond acceptors (Lipinski definition) is 3. The van der Waals surface area contributed by atoms with Crippen molar-refractivity contribution in [1.29, 1.82) is 0 Å². The zero-order valence-corrected chi connectivity index (χ0v) is 13.0. The maximum Gasteiger partial charge on any atom is 0.337 e. The summed E-state index contributed by atoms with van der Waals surface area (Å²) in [4.78, 5) is 10.9. The van der Waals surface area contributed by atoms with Crippen LogP contribution < -0.4 is 0 Å². The van der Waals surface area contributed by atoms with Crippen LogP contribution in [-0.4, -0.2) is 37.4 Å². The van der Waals surface area contributed by atoms with E-state index in [9.17, 15) is 13.2 Å². The molecule has 1 rings (SSSR count).